The Balaban J connectivity index is 1.51. The van der Waals surface area contributed by atoms with E-state index in [0.717, 1.165) is 24.8 Å². The van der Waals surface area contributed by atoms with E-state index in [1.54, 1.807) is 13.8 Å². The van der Waals surface area contributed by atoms with Gasteiger partial charge in [0.25, 0.3) is 0 Å². The van der Waals surface area contributed by atoms with Crippen molar-refractivity contribution in [1.29, 1.82) is 0 Å². The van der Waals surface area contributed by atoms with E-state index in [0.29, 0.717) is 12.8 Å². The largest absolute Gasteiger partial charge is 0.481 e. The highest BCUT2D eigenvalue weighted by Crippen LogP contribution is 2.70. The van der Waals surface area contributed by atoms with E-state index < -0.39 is 99.0 Å². The third-order valence-corrected chi connectivity index (χ3v) is 12.4. The van der Waals surface area contributed by atoms with Crippen LogP contribution in [0.3, 0.4) is 0 Å². The second-order valence-electron chi connectivity index (χ2n) is 14.8. The van der Waals surface area contributed by atoms with Crippen LogP contribution in [-0.4, -0.2) is 103 Å². The molecule has 1 heterocycles. The number of fused-ring (bicyclic) bond motifs is 3. The smallest absolute Gasteiger partial charge is 0.397 e. The number of aliphatic hydroxyl groups excluding tert-OH is 2. The zero-order chi connectivity index (χ0) is 35.6. The van der Waals surface area contributed by atoms with Gasteiger partial charge in [-0.25, -0.2) is 8.37 Å². The predicted octanol–water partition coefficient (Wildman–Crippen LogP) is 1.67. The fraction of sp³-hybridized carbons (Fsp3) is 0.867. The third-order valence-electron chi connectivity index (χ3n) is 11.5. The molecular formula is C30H46O16S2. The van der Waals surface area contributed by atoms with E-state index >= 15 is 0 Å². The number of esters is 1. The lowest BCUT2D eigenvalue weighted by molar-refractivity contribution is -0.316. The second-order valence-corrected chi connectivity index (χ2v) is 16.9. The van der Waals surface area contributed by atoms with Gasteiger partial charge in [-0.15, -0.1) is 0 Å². The molecule has 0 aromatic carbocycles. The number of carbonyl (C=O) groups excluding carboxylic acids is 1. The van der Waals surface area contributed by atoms with Crippen LogP contribution in [0.5, 0.6) is 0 Å². The summed E-state index contributed by atoms with van der Waals surface area (Å²) in [7, 11) is -10.8. The van der Waals surface area contributed by atoms with Crippen molar-refractivity contribution in [2.75, 3.05) is 6.61 Å². The van der Waals surface area contributed by atoms with E-state index in [1.807, 2.05) is 6.92 Å². The summed E-state index contributed by atoms with van der Waals surface area (Å²) in [6.45, 7) is 8.52. The lowest BCUT2D eigenvalue weighted by atomic mass is 9.43. The highest BCUT2D eigenvalue weighted by molar-refractivity contribution is 7.81. The third kappa shape index (κ3) is 7.20. The Kier molecular flexibility index (Phi) is 10.5. The van der Waals surface area contributed by atoms with Gasteiger partial charge in [0.1, 0.15) is 12.2 Å². The number of carboxylic acid groups (broad SMARTS) is 1. The van der Waals surface area contributed by atoms with Crippen molar-refractivity contribution in [1.82, 2.24) is 0 Å². The van der Waals surface area contributed by atoms with Crippen LogP contribution < -0.4 is 0 Å². The Morgan fingerprint density at radius 3 is 2.25 bits per heavy atom. The molecule has 0 amide bonds. The first kappa shape index (κ1) is 37.5. The number of aliphatic hydroxyl groups is 2. The van der Waals surface area contributed by atoms with Gasteiger partial charge in [0.2, 0.25) is 0 Å². The van der Waals surface area contributed by atoms with Gasteiger partial charge in [0, 0.05) is 11.8 Å². The van der Waals surface area contributed by atoms with E-state index in [-0.39, 0.29) is 42.9 Å². The zero-order valence-corrected chi connectivity index (χ0v) is 28.7. The van der Waals surface area contributed by atoms with Crippen LogP contribution in [0.1, 0.15) is 72.1 Å². The number of aliphatic carboxylic acids is 1. The Morgan fingerprint density at radius 2 is 1.67 bits per heavy atom. The maximum atomic E-state index is 12.9. The molecule has 5 fully saturated rings. The van der Waals surface area contributed by atoms with Crippen LogP contribution in [-0.2, 0) is 53.0 Å². The molecule has 1 saturated heterocycles. The molecule has 0 radical (unpaired) electrons. The molecule has 13 atom stereocenters. The molecule has 5 aliphatic rings. The highest BCUT2D eigenvalue weighted by Gasteiger charge is 2.67. The number of hydrogen-bond donors (Lipinski definition) is 5. The molecule has 1 spiro atoms. The van der Waals surface area contributed by atoms with E-state index in [1.165, 1.54) is 0 Å². The summed E-state index contributed by atoms with van der Waals surface area (Å²) in [6, 6.07) is 0. The average Bonchev–Trinajstić information content (AvgIpc) is 3.12. The number of rotatable bonds is 11. The summed E-state index contributed by atoms with van der Waals surface area (Å²) in [5, 5.41) is 32.0. The first-order chi connectivity index (χ1) is 22.2. The minimum Gasteiger partial charge on any atom is -0.481 e. The number of hydrogen-bond acceptors (Lipinski definition) is 13. The van der Waals surface area contributed by atoms with Crippen LogP contribution in [0, 0.1) is 40.4 Å². The van der Waals surface area contributed by atoms with Crippen molar-refractivity contribution in [3.63, 3.8) is 0 Å². The van der Waals surface area contributed by atoms with Crippen LogP contribution in [0.15, 0.2) is 12.2 Å². The molecule has 0 aromatic rings. The number of carboxylic acids is 1. The molecule has 4 saturated carbocycles. The van der Waals surface area contributed by atoms with Gasteiger partial charge >= 0.3 is 32.7 Å². The SMILES string of the molecule is C=C1C2CC[C@@H]3C(CC[C@@H]4[C@H](C(=O)O)C[C@@H](OC5OC(CO)C(OS(=O)(=O)O)C(OS(=O)(=O)O)C5OC(=O)CC(C)C)C[C@]43C)(C2)[C@H]1O. The summed E-state index contributed by atoms with van der Waals surface area (Å²) in [5.41, 5.74) is -0.319. The monoisotopic (exact) mass is 726 g/mol. The summed E-state index contributed by atoms with van der Waals surface area (Å²) in [6.07, 6.45) is -7.93. The first-order valence-corrected chi connectivity index (χ1v) is 18.9. The summed E-state index contributed by atoms with van der Waals surface area (Å²) >= 11 is 0. The predicted molar refractivity (Wildman–Crippen MR) is 162 cm³/mol. The molecule has 5 N–H and O–H groups in total. The minimum absolute atomic E-state index is 0.0156. The molecular weight excluding hydrogens is 680 g/mol. The highest BCUT2D eigenvalue weighted by atomic mass is 32.3. The van der Waals surface area contributed by atoms with Gasteiger partial charge in [0.15, 0.2) is 18.5 Å². The quantitative estimate of drug-likeness (QED) is 0.0879. The van der Waals surface area contributed by atoms with Crippen molar-refractivity contribution in [2.45, 2.75) is 115 Å². The molecule has 274 valence electrons. The van der Waals surface area contributed by atoms with Crippen LogP contribution in [0.25, 0.3) is 0 Å². The number of carbonyl (C=O) groups is 2. The molecule has 0 aromatic heterocycles. The zero-order valence-electron chi connectivity index (χ0n) is 27.0. The Bertz CT molecular complexity index is 1480. The van der Waals surface area contributed by atoms with Crippen molar-refractivity contribution >= 4 is 32.7 Å². The summed E-state index contributed by atoms with van der Waals surface area (Å²) in [5.74, 6) is -3.25. The molecule has 7 unspecified atom stereocenters. The van der Waals surface area contributed by atoms with Crippen LogP contribution >= 0.6 is 0 Å². The van der Waals surface area contributed by atoms with E-state index in [4.69, 9.17) is 18.4 Å². The first-order valence-electron chi connectivity index (χ1n) is 16.2. The maximum absolute atomic E-state index is 12.9. The van der Waals surface area contributed by atoms with Gasteiger partial charge in [0.05, 0.1) is 24.7 Å². The molecule has 1 aliphatic heterocycles. The lowest BCUT2D eigenvalue weighted by Crippen LogP contribution is -2.64. The maximum Gasteiger partial charge on any atom is 0.397 e. The Morgan fingerprint density at radius 1 is 1.02 bits per heavy atom. The fourth-order valence-corrected chi connectivity index (χ4v) is 10.8. The van der Waals surface area contributed by atoms with Gasteiger partial charge in [-0.1, -0.05) is 27.4 Å². The van der Waals surface area contributed by atoms with Gasteiger partial charge in [-0.2, -0.15) is 16.8 Å². The standard InChI is InChI=1S/C30H46O16S2/c1-14(2)9-22(32)44-25-24(46-48(39,40)41)23(45-47(36,37)38)20(13-31)43-28(25)42-17-10-18(27(34)35)19-7-8-30-11-16(15(3)26(30)33)5-6-21(30)29(19,4)12-17/h14,16-21,23-26,28,31,33H,3,5-13H2,1-2,4H3,(H,34,35)(H,36,37,38)(H,39,40,41)/t16?,17-,18-,19-,20?,21+,23?,24?,25?,26+,28?,29-,30?/m1/s1. The van der Waals surface area contributed by atoms with E-state index in [9.17, 15) is 50.8 Å². The minimum atomic E-state index is -5.42. The van der Waals surface area contributed by atoms with Crippen molar-refractivity contribution in [2.24, 2.45) is 40.4 Å². The number of ether oxygens (including phenoxy) is 3. The van der Waals surface area contributed by atoms with Crippen LogP contribution in [0.2, 0.25) is 0 Å². The average molecular weight is 727 g/mol. The van der Waals surface area contributed by atoms with Crippen LogP contribution in [0.4, 0.5) is 0 Å². The lowest BCUT2D eigenvalue weighted by Gasteiger charge is -2.62. The Hall–Kier alpha value is -1.74. The molecule has 4 aliphatic carbocycles. The van der Waals surface area contributed by atoms with Gasteiger partial charge < -0.3 is 29.5 Å². The van der Waals surface area contributed by atoms with Crippen molar-refractivity contribution < 1.29 is 73.4 Å². The molecule has 48 heavy (non-hydrogen) atoms. The second kappa shape index (κ2) is 13.4. The summed E-state index contributed by atoms with van der Waals surface area (Å²) in [4.78, 5) is 25.7. The fourth-order valence-electron chi connectivity index (χ4n) is 9.82. The van der Waals surface area contributed by atoms with Gasteiger partial charge in [-0.3, -0.25) is 18.7 Å². The molecule has 16 nitrogen and oxygen atoms in total. The topological polar surface area (TPSA) is 250 Å². The Labute approximate surface area is 280 Å². The van der Waals surface area contributed by atoms with Crippen molar-refractivity contribution in [3.05, 3.63) is 12.2 Å². The van der Waals surface area contributed by atoms with Crippen molar-refractivity contribution in [3.8, 4) is 0 Å². The molecule has 2 bridgehead atoms. The normalized spacial score (nSPS) is 43.0. The summed E-state index contributed by atoms with van der Waals surface area (Å²) < 4.78 is 93.5. The molecule has 18 heteroatoms. The van der Waals surface area contributed by atoms with E-state index in [2.05, 4.69) is 10.8 Å². The van der Waals surface area contributed by atoms with Gasteiger partial charge in [-0.05, 0) is 79.6 Å². The molecule has 5 rings (SSSR count).